The first-order valence-corrected chi connectivity index (χ1v) is 11.4. The summed E-state index contributed by atoms with van der Waals surface area (Å²) in [7, 11) is 0. The lowest BCUT2D eigenvalue weighted by Crippen LogP contribution is -2.25. The number of pyridine rings is 1. The number of hydrogen-bond donors (Lipinski definition) is 3. The maximum Gasteiger partial charge on any atom is 0.251 e. The molecule has 0 atom stereocenters. The zero-order chi connectivity index (χ0) is 23.8. The monoisotopic (exact) mass is 470 g/mol. The zero-order valence-electron chi connectivity index (χ0n) is 18.6. The molecule has 4 aromatic rings. The summed E-state index contributed by atoms with van der Waals surface area (Å²) in [6.45, 7) is 5.46. The maximum absolute atomic E-state index is 12.7. The number of aryl methyl sites for hydroxylation is 1. The van der Waals surface area contributed by atoms with E-state index in [4.69, 9.17) is 11.6 Å². The first-order valence-electron chi connectivity index (χ1n) is 11.1. The Bertz CT molecular complexity index is 1450. The van der Waals surface area contributed by atoms with Gasteiger partial charge in [0.2, 0.25) is 5.91 Å². The van der Waals surface area contributed by atoms with Gasteiger partial charge in [-0.1, -0.05) is 42.4 Å². The van der Waals surface area contributed by atoms with Crippen LogP contribution in [0.4, 0.5) is 5.69 Å². The van der Waals surface area contributed by atoms with Crippen LogP contribution in [0.1, 0.15) is 28.8 Å². The number of H-pyrrole nitrogens is 1. The van der Waals surface area contributed by atoms with E-state index in [0.717, 1.165) is 46.2 Å². The molecule has 1 aliphatic rings. The lowest BCUT2D eigenvalue weighted by molar-refractivity contribution is -0.111. The molecule has 1 saturated carbocycles. The molecule has 0 radical (unpaired) electrons. The van der Waals surface area contributed by atoms with Crippen molar-refractivity contribution in [2.24, 2.45) is 0 Å². The molecule has 5 rings (SSSR count). The van der Waals surface area contributed by atoms with Crippen molar-refractivity contribution in [3.8, 4) is 22.4 Å². The molecule has 0 unspecified atom stereocenters. The summed E-state index contributed by atoms with van der Waals surface area (Å²) in [5.74, 6) is -0.364. The first-order chi connectivity index (χ1) is 16.4. The predicted octanol–water partition coefficient (Wildman–Crippen LogP) is 5.88. The molecule has 2 aromatic heterocycles. The van der Waals surface area contributed by atoms with Crippen molar-refractivity contribution in [1.29, 1.82) is 0 Å². The molecule has 0 saturated heterocycles. The second-order valence-corrected chi connectivity index (χ2v) is 8.85. The number of fused-ring (bicyclic) bond motifs is 1. The van der Waals surface area contributed by atoms with Crippen LogP contribution in [-0.2, 0) is 4.79 Å². The number of amides is 2. The SMILES string of the molecule is C=CC(=O)Nc1cc(-c2c(-c3cccc(C(=O)NC4CC4)c3)[nH]c3nccc(Cl)c23)ccc1C. The second-order valence-electron chi connectivity index (χ2n) is 8.44. The highest BCUT2D eigenvalue weighted by atomic mass is 35.5. The Balaban J connectivity index is 1.68. The van der Waals surface area contributed by atoms with Crippen molar-refractivity contribution in [1.82, 2.24) is 15.3 Å². The molecule has 2 heterocycles. The number of hydrogen-bond acceptors (Lipinski definition) is 3. The van der Waals surface area contributed by atoms with Crippen molar-refractivity contribution in [3.05, 3.63) is 83.5 Å². The fourth-order valence-corrected chi connectivity index (χ4v) is 4.23. The van der Waals surface area contributed by atoms with E-state index >= 15 is 0 Å². The summed E-state index contributed by atoms with van der Waals surface area (Å²) in [6.07, 6.45) is 4.95. The Morgan fingerprint density at radius 1 is 1.15 bits per heavy atom. The summed E-state index contributed by atoms with van der Waals surface area (Å²) in [4.78, 5) is 32.5. The highest BCUT2D eigenvalue weighted by molar-refractivity contribution is 6.36. The van der Waals surface area contributed by atoms with Gasteiger partial charge < -0.3 is 15.6 Å². The molecule has 6 nitrogen and oxygen atoms in total. The average molecular weight is 471 g/mol. The Morgan fingerprint density at radius 3 is 2.74 bits per heavy atom. The zero-order valence-corrected chi connectivity index (χ0v) is 19.4. The van der Waals surface area contributed by atoms with E-state index in [1.807, 2.05) is 49.4 Å². The molecule has 0 spiro atoms. The number of carbonyl (C=O) groups is 2. The molecule has 0 aliphatic heterocycles. The number of nitrogens with one attached hydrogen (secondary N) is 3. The fourth-order valence-electron chi connectivity index (χ4n) is 3.99. The third kappa shape index (κ3) is 4.20. The lowest BCUT2D eigenvalue weighted by Gasteiger charge is -2.12. The van der Waals surface area contributed by atoms with Gasteiger partial charge in [-0.15, -0.1) is 0 Å². The van der Waals surface area contributed by atoms with Crippen molar-refractivity contribution in [3.63, 3.8) is 0 Å². The number of anilines is 1. The smallest absolute Gasteiger partial charge is 0.251 e. The minimum Gasteiger partial charge on any atom is -0.349 e. The molecule has 170 valence electrons. The largest absolute Gasteiger partial charge is 0.349 e. The van der Waals surface area contributed by atoms with E-state index in [1.54, 1.807) is 12.3 Å². The number of benzene rings is 2. The van der Waals surface area contributed by atoms with Crippen molar-refractivity contribution in [2.75, 3.05) is 5.32 Å². The van der Waals surface area contributed by atoms with E-state index in [9.17, 15) is 9.59 Å². The Morgan fingerprint density at radius 2 is 1.97 bits per heavy atom. The molecule has 2 aromatic carbocycles. The normalized spacial score (nSPS) is 13.0. The minimum atomic E-state index is -0.284. The summed E-state index contributed by atoms with van der Waals surface area (Å²) in [5, 5.41) is 7.23. The van der Waals surface area contributed by atoms with Gasteiger partial charge in [0, 0.05) is 34.4 Å². The highest BCUT2D eigenvalue weighted by Crippen LogP contribution is 2.42. The van der Waals surface area contributed by atoms with Gasteiger partial charge >= 0.3 is 0 Å². The standard InChI is InChI=1S/C27H23ClN4O2/c1-3-22(33)31-21-14-16(8-7-15(21)2)23-24-20(28)11-12-29-26(24)32-25(23)17-5-4-6-18(13-17)27(34)30-19-9-10-19/h3-8,11-14,19H,1,9-10H2,2H3,(H,29,32)(H,30,34)(H,31,33). The molecule has 1 aliphatic carbocycles. The van der Waals surface area contributed by atoms with Gasteiger partial charge in [-0.2, -0.15) is 0 Å². The van der Waals surface area contributed by atoms with Gasteiger partial charge in [-0.05, 0) is 66.8 Å². The average Bonchev–Trinajstić information content (AvgIpc) is 3.56. The van der Waals surface area contributed by atoms with E-state index < -0.39 is 0 Å². The summed E-state index contributed by atoms with van der Waals surface area (Å²) in [6, 6.07) is 15.4. The van der Waals surface area contributed by atoms with E-state index in [0.29, 0.717) is 21.9 Å². The highest BCUT2D eigenvalue weighted by Gasteiger charge is 2.24. The molecular formula is C27H23ClN4O2. The van der Waals surface area contributed by atoms with Crippen LogP contribution in [0, 0.1) is 6.92 Å². The summed E-state index contributed by atoms with van der Waals surface area (Å²) >= 11 is 6.63. The van der Waals surface area contributed by atoms with Crippen LogP contribution in [0.25, 0.3) is 33.4 Å². The van der Waals surface area contributed by atoms with E-state index in [2.05, 4.69) is 27.2 Å². The lowest BCUT2D eigenvalue weighted by atomic mass is 9.96. The van der Waals surface area contributed by atoms with Gasteiger partial charge in [0.25, 0.3) is 5.91 Å². The molecule has 0 bridgehead atoms. The molecule has 2 amide bonds. The minimum absolute atomic E-state index is 0.0806. The molecule has 34 heavy (non-hydrogen) atoms. The third-order valence-electron chi connectivity index (χ3n) is 5.94. The van der Waals surface area contributed by atoms with E-state index in [-0.39, 0.29) is 17.9 Å². The van der Waals surface area contributed by atoms with Crippen LogP contribution in [-0.4, -0.2) is 27.8 Å². The van der Waals surface area contributed by atoms with E-state index in [1.165, 1.54) is 6.08 Å². The number of nitrogens with zero attached hydrogens (tertiary/aromatic N) is 1. The Labute approximate surface area is 202 Å². The summed E-state index contributed by atoms with van der Waals surface area (Å²) in [5.41, 5.74) is 6.17. The number of halogens is 1. The maximum atomic E-state index is 12.7. The van der Waals surface area contributed by atoms with Crippen molar-refractivity contribution >= 4 is 40.1 Å². The summed E-state index contributed by atoms with van der Waals surface area (Å²) < 4.78 is 0. The van der Waals surface area contributed by atoms with Gasteiger partial charge in [0.15, 0.2) is 0 Å². The van der Waals surface area contributed by atoms with Crippen LogP contribution < -0.4 is 10.6 Å². The fraction of sp³-hybridized carbons (Fsp3) is 0.148. The van der Waals surface area contributed by atoms with Crippen LogP contribution in [0.3, 0.4) is 0 Å². The van der Waals surface area contributed by atoms with Crippen LogP contribution in [0.5, 0.6) is 0 Å². The Kier molecular flexibility index (Phi) is 5.67. The second kappa shape index (κ2) is 8.80. The van der Waals surface area contributed by atoms with Crippen molar-refractivity contribution < 1.29 is 9.59 Å². The number of aromatic nitrogens is 2. The van der Waals surface area contributed by atoms with Gasteiger partial charge in [-0.3, -0.25) is 9.59 Å². The molecule has 7 heteroatoms. The molecule has 3 N–H and O–H groups in total. The topological polar surface area (TPSA) is 86.9 Å². The first kappa shape index (κ1) is 21.9. The number of rotatable bonds is 6. The predicted molar refractivity (Wildman–Crippen MR) is 136 cm³/mol. The quantitative estimate of drug-likeness (QED) is 0.308. The number of carbonyl (C=O) groups excluding carboxylic acids is 2. The van der Waals surface area contributed by atoms with Gasteiger partial charge in [0.05, 0.1) is 10.7 Å². The Hall–Kier alpha value is -3.90. The third-order valence-corrected chi connectivity index (χ3v) is 6.25. The van der Waals surface area contributed by atoms with Crippen LogP contribution >= 0.6 is 11.6 Å². The van der Waals surface area contributed by atoms with Crippen LogP contribution in [0.15, 0.2) is 67.4 Å². The number of aromatic amines is 1. The van der Waals surface area contributed by atoms with Gasteiger partial charge in [0.1, 0.15) is 5.65 Å². The van der Waals surface area contributed by atoms with Crippen molar-refractivity contribution in [2.45, 2.75) is 25.8 Å². The molecule has 1 fully saturated rings. The molecular weight excluding hydrogens is 448 g/mol. The van der Waals surface area contributed by atoms with Crippen LogP contribution in [0.2, 0.25) is 5.02 Å². The van der Waals surface area contributed by atoms with Gasteiger partial charge in [-0.25, -0.2) is 4.98 Å².